The van der Waals surface area contributed by atoms with Crippen LogP contribution in [-0.4, -0.2) is 43.9 Å². The number of hydrogen-bond donors (Lipinski definition) is 0. The molecule has 0 aromatic rings. The molecule has 0 spiro atoms. The number of rotatable bonds is 8. The van der Waals surface area contributed by atoms with E-state index in [1.165, 1.54) is 37.1 Å². The quantitative estimate of drug-likeness (QED) is 0.327. The number of nitrogens with zero attached hydrogens (tertiary/aromatic N) is 1. The van der Waals surface area contributed by atoms with Crippen molar-refractivity contribution < 1.29 is 33.2 Å². The van der Waals surface area contributed by atoms with Crippen molar-refractivity contribution in [3.05, 3.63) is 0 Å². The molecule has 0 aliphatic carbocycles. The van der Waals surface area contributed by atoms with Gasteiger partial charge in [0.1, 0.15) is 6.54 Å². The first-order valence-corrected chi connectivity index (χ1v) is 5.67. The Balaban J connectivity index is 0. The molecular formula is C11H26INO. The van der Waals surface area contributed by atoms with E-state index < -0.39 is 0 Å². The molecule has 0 saturated heterocycles. The molecule has 0 N–H and O–H groups in total. The molecule has 0 amide bonds. The maximum Gasteiger partial charge on any atom is 0.102 e. The van der Waals surface area contributed by atoms with E-state index in [0.717, 1.165) is 13.2 Å². The highest BCUT2D eigenvalue weighted by molar-refractivity contribution is 4.40. The summed E-state index contributed by atoms with van der Waals surface area (Å²) in [6.45, 7) is 15.6. The summed E-state index contributed by atoms with van der Waals surface area (Å²) in [7, 11) is 0. The summed E-state index contributed by atoms with van der Waals surface area (Å²) in [6.07, 6.45) is 1.27. The lowest BCUT2D eigenvalue weighted by Crippen LogP contribution is -3.00. The van der Waals surface area contributed by atoms with Gasteiger partial charge in [0.2, 0.25) is 0 Å². The Kier molecular flexibility index (Phi) is 12.4. The van der Waals surface area contributed by atoms with Crippen LogP contribution in [0.5, 0.6) is 0 Å². The molecule has 88 valence electrons. The molecule has 0 aliphatic rings. The van der Waals surface area contributed by atoms with Crippen molar-refractivity contribution in [1.29, 1.82) is 0 Å². The molecule has 0 atom stereocenters. The minimum absolute atomic E-state index is 0. The lowest BCUT2D eigenvalue weighted by Gasteiger charge is -2.36. The topological polar surface area (TPSA) is 9.23 Å². The van der Waals surface area contributed by atoms with Gasteiger partial charge in [-0.2, -0.15) is 0 Å². The number of quaternary nitrogens is 1. The molecule has 2 nitrogen and oxygen atoms in total. The molecule has 3 heteroatoms. The largest absolute Gasteiger partial charge is 1.00 e. The van der Waals surface area contributed by atoms with Gasteiger partial charge in [0, 0.05) is 6.61 Å². The van der Waals surface area contributed by atoms with Crippen LogP contribution in [0.2, 0.25) is 0 Å². The molecule has 0 bridgehead atoms. The second-order valence-corrected chi connectivity index (χ2v) is 3.62. The van der Waals surface area contributed by atoms with Crippen LogP contribution in [0.3, 0.4) is 0 Å². The minimum atomic E-state index is 0. The second-order valence-electron chi connectivity index (χ2n) is 3.62. The summed E-state index contributed by atoms with van der Waals surface area (Å²) in [5.41, 5.74) is 0. The van der Waals surface area contributed by atoms with Crippen LogP contribution in [0.25, 0.3) is 0 Å². The minimum Gasteiger partial charge on any atom is -1.00 e. The van der Waals surface area contributed by atoms with Crippen molar-refractivity contribution in [3.8, 4) is 0 Å². The van der Waals surface area contributed by atoms with Crippen molar-refractivity contribution in [2.75, 3.05) is 39.4 Å². The summed E-state index contributed by atoms with van der Waals surface area (Å²) in [4.78, 5) is 0. The molecule has 0 rings (SSSR count). The van der Waals surface area contributed by atoms with Crippen LogP contribution in [0.1, 0.15) is 34.1 Å². The van der Waals surface area contributed by atoms with Crippen LogP contribution >= 0.6 is 0 Å². The molecule has 0 aromatic carbocycles. The van der Waals surface area contributed by atoms with Gasteiger partial charge >= 0.3 is 0 Å². The fourth-order valence-corrected chi connectivity index (χ4v) is 1.84. The third-order valence-electron chi connectivity index (χ3n) is 2.95. The van der Waals surface area contributed by atoms with Gasteiger partial charge in [0.15, 0.2) is 0 Å². The predicted octanol–water partition coefficient (Wildman–Crippen LogP) is -0.706. The zero-order valence-electron chi connectivity index (χ0n) is 10.2. The van der Waals surface area contributed by atoms with E-state index >= 15 is 0 Å². The van der Waals surface area contributed by atoms with Crippen molar-refractivity contribution in [1.82, 2.24) is 0 Å². The summed E-state index contributed by atoms with van der Waals surface area (Å²) in [5, 5.41) is 0. The fraction of sp³-hybridized carbons (Fsp3) is 1.00. The molecule has 0 unspecified atom stereocenters. The average molecular weight is 315 g/mol. The van der Waals surface area contributed by atoms with Crippen molar-refractivity contribution >= 4 is 0 Å². The van der Waals surface area contributed by atoms with Gasteiger partial charge in [-0.05, 0) is 27.2 Å². The highest BCUT2D eigenvalue weighted by Crippen LogP contribution is 2.07. The summed E-state index contributed by atoms with van der Waals surface area (Å²) < 4.78 is 6.64. The molecule has 0 aromatic heterocycles. The van der Waals surface area contributed by atoms with Crippen LogP contribution in [0.15, 0.2) is 0 Å². The summed E-state index contributed by atoms with van der Waals surface area (Å²) in [6, 6.07) is 0. The van der Waals surface area contributed by atoms with Crippen LogP contribution < -0.4 is 24.0 Å². The monoisotopic (exact) mass is 315 g/mol. The van der Waals surface area contributed by atoms with E-state index in [2.05, 4.69) is 27.7 Å². The third kappa shape index (κ3) is 6.19. The number of halogens is 1. The fourth-order valence-electron chi connectivity index (χ4n) is 1.84. The van der Waals surface area contributed by atoms with Gasteiger partial charge in [-0.1, -0.05) is 6.92 Å². The Morgan fingerprint density at radius 3 is 1.86 bits per heavy atom. The Bertz CT molecular complexity index is 116. The molecule has 14 heavy (non-hydrogen) atoms. The van der Waals surface area contributed by atoms with E-state index in [0.29, 0.717) is 0 Å². The van der Waals surface area contributed by atoms with Crippen molar-refractivity contribution in [3.63, 3.8) is 0 Å². The Labute approximate surface area is 107 Å². The van der Waals surface area contributed by atoms with Gasteiger partial charge in [-0.3, -0.25) is 0 Å². The van der Waals surface area contributed by atoms with Gasteiger partial charge in [-0.25, -0.2) is 0 Å². The van der Waals surface area contributed by atoms with Crippen molar-refractivity contribution in [2.45, 2.75) is 34.1 Å². The number of ether oxygens (including phenoxy) is 1. The standard InChI is InChI=1S/C11H26NO.HI/c1-5-9-12(6-2,7-3)10-11-13-8-4;/h5-11H2,1-4H3;1H/q+1;/p-1. The molecule has 0 heterocycles. The van der Waals surface area contributed by atoms with Gasteiger partial charge in [0.05, 0.1) is 26.2 Å². The maximum atomic E-state index is 5.42. The van der Waals surface area contributed by atoms with Gasteiger partial charge < -0.3 is 33.2 Å². The van der Waals surface area contributed by atoms with E-state index in [9.17, 15) is 0 Å². The summed E-state index contributed by atoms with van der Waals surface area (Å²) >= 11 is 0. The van der Waals surface area contributed by atoms with Crippen molar-refractivity contribution in [2.24, 2.45) is 0 Å². The van der Waals surface area contributed by atoms with Crippen LogP contribution in [-0.2, 0) is 4.74 Å². The highest BCUT2D eigenvalue weighted by atomic mass is 127. The van der Waals surface area contributed by atoms with Gasteiger partial charge in [0.25, 0.3) is 0 Å². The normalized spacial score (nSPS) is 11.1. The molecule has 0 radical (unpaired) electrons. The maximum absolute atomic E-state index is 5.42. The molecule has 0 saturated carbocycles. The lowest BCUT2D eigenvalue weighted by atomic mass is 10.3. The van der Waals surface area contributed by atoms with E-state index in [1.54, 1.807) is 0 Å². The first-order valence-electron chi connectivity index (χ1n) is 5.67. The predicted molar refractivity (Wildman–Crippen MR) is 57.9 cm³/mol. The first kappa shape index (κ1) is 17.1. The zero-order chi connectivity index (χ0) is 10.2. The van der Waals surface area contributed by atoms with Crippen LogP contribution in [0, 0.1) is 0 Å². The second kappa shape index (κ2) is 10.2. The first-order chi connectivity index (χ1) is 6.24. The molecule has 0 fully saturated rings. The Hall–Kier alpha value is 0.650. The smallest absolute Gasteiger partial charge is 0.102 e. The van der Waals surface area contributed by atoms with E-state index in [4.69, 9.17) is 4.74 Å². The van der Waals surface area contributed by atoms with E-state index in [-0.39, 0.29) is 24.0 Å². The number of hydrogen-bond acceptors (Lipinski definition) is 1. The summed E-state index contributed by atoms with van der Waals surface area (Å²) in [5.74, 6) is 0. The third-order valence-corrected chi connectivity index (χ3v) is 2.95. The molecular weight excluding hydrogens is 289 g/mol. The number of likely N-dealkylation sites (N-methyl/N-ethyl adjacent to an activating group) is 1. The average Bonchev–Trinajstić information content (AvgIpc) is 2.17. The Morgan fingerprint density at radius 1 is 0.929 bits per heavy atom. The zero-order valence-corrected chi connectivity index (χ0v) is 12.3. The van der Waals surface area contributed by atoms with Gasteiger partial charge in [-0.15, -0.1) is 0 Å². The van der Waals surface area contributed by atoms with Crippen LogP contribution in [0.4, 0.5) is 0 Å². The Morgan fingerprint density at radius 2 is 1.50 bits per heavy atom. The SMILES string of the molecule is CCC[N+](CC)(CC)CCOCC.[I-]. The van der Waals surface area contributed by atoms with E-state index in [1.807, 2.05) is 0 Å². The highest BCUT2D eigenvalue weighted by Gasteiger charge is 2.20. The lowest BCUT2D eigenvalue weighted by molar-refractivity contribution is -0.925. The molecule has 0 aliphatic heterocycles.